The van der Waals surface area contributed by atoms with Gasteiger partial charge in [0.2, 0.25) is 5.75 Å². The van der Waals surface area contributed by atoms with Crippen molar-refractivity contribution in [1.82, 2.24) is 4.90 Å². The van der Waals surface area contributed by atoms with Crippen LogP contribution in [-0.2, 0) is 0 Å². The third-order valence-corrected chi connectivity index (χ3v) is 2.92. The molecule has 102 valence electrons. The number of benzene rings is 1. The summed E-state index contributed by atoms with van der Waals surface area (Å²) >= 11 is 0. The van der Waals surface area contributed by atoms with E-state index >= 15 is 0 Å². The molecule has 5 nitrogen and oxygen atoms in total. The predicted octanol–water partition coefficient (Wildman–Crippen LogP) is 1.27. The summed E-state index contributed by atoms with van der Waals surface area (Å²) in [7, 11) is 8.77. The average Bonchev–Trinajstić information content (AvgIpc) is 2.37. The highest BCUT2D eigenvalue weighted by Crippen LogP contribution is 2.40. The van der Waals surface area contributed by atoms with E-state index in [0.717, 1.165) is 5.56 Å². The Morgan fingerprint density at radius 3 is 1.83 bits per heavy atom. The summed E-state index contributed by atoms with van der Waals surface area (Å²) in [6.45, 7) is 0.519. The Hall–Kier alpha value is -1.46. The Balaban J connectivity index is 3.30. The first-order valence-electron chi connectivity index (χ1n) is 5.75. The fraction of sp³-hybridized carbons (Fsp3) is 0.538. The van der Waals surface area contributed by atoms with Crippen LogP contribution in [0.3, 0.4) is 0 Å². The first kappa shape index (κ1) is 14.6. The molecule has 5 heteroatoms. The number of methoxy groups -OCH3 is 3. The van der Waals surface area contributed by atoms with Crippen molar-refractivity contribution < 1.29 is 14.2 Å². The van der Waals surface area contributed by atoms with Crippen molar-refractivity contribution in [2.75, 3.05) is 42.0 Å². The van der Waals surface area contributed by atoms with E-state index < -0.39 is 0 Å². The summed E-state index contributed by atoms with van der Waals surface area (Å²) in [6.07, 6.45) is 0. The van der Waals surface area contributed by atoms with Crippen molar-refractivity contribution >= 4 is 0 Å². The van der Waals surface area contributed by atoms with Crippen LogP contribution < -0.4 is 19.9 Å². The number of nitrogens with zero attached hydrogens (tertiary/aromatic N) is 1. The van der Waals surface area contributed by atoms with Crippen LogP contribution in [0.15, 0.2) is 12.1 Å². The molecule has 0 spiro atoms. The second kappa shape index (κ2) is 6.47. The molecule has 2 N–H and O–H groups in total. The van der Waals surface area contributed by atoms with Crippen molar-refractivity contribution in [2.24, 2.45) is 5.73 Å². The molecule has 0 unspecified atom stereocenters. The minimum Gasteiger partial charge on any atom is -0.493 e. The third-order valence-electron chi connectivity index (χ3n) is 2.92. The minimum absolute atomic E-state index is 0.110. The second-order valence-electron chi connectivity index (χ2n) is 4.17. The highest BCUT2D eigenvalue weighted by Gasteiger charge is 2.19. The molecular formula is C13H22N2O3. The summed E-state index contributed by atoms with van der Waals surface area (Å²) in [5.41, 5.74) is 6.84. The number of ether oxygens (including phenoxy) is 3. The SMILES string of the molecule is COc1cc([C@@H](CN)N(C)C)cc(OC)c1OC. The zero-order valence-corrected chi connectivity index (χ0v) is 11.7. The molecule has 0 radical (unpaired) electrons. The van der Waals surface area contributed by atoms with Gasteiger partial charge in [0.25, 0.3) is 0 Å². The van der Waals surface area contributed by atoms with Gasteiger partial charge in [0, 0.05) is 12.6 Å². The van der Waals surface area contributed by atoms with Crippen LogP contribution in [0.2, 0.25) is 0 Å². The van der Waals surface area contributed by atoms with Crippen molar-refractivity contribution in [3.05, 3.63) is 17.7 Å². The molecule has 1 rings (SSSR count). The Kier molecular flexibility index (Phi) is 5.25. The Bertz CT molecular complexity index is 369. The van der Waals surface area contributed by atoms with E-state index in [1.807, 2.05) is 26.2 Å². The maximum Gasteiger partial charge on any atom is 0.203 e. The highest BCUT2D eigenvalue weighted by atomic mass is 16.5. The number of hydrogen-bond donors (Lipinski definition) is 1. The average molecular weight is 254 g/mol. The quantitative estimate of drug-likeness (QED) is 0.828. The Labute approximate surface area is 108 Å². The van der Waals surface area contributed by atoms with Crippen LogP contribution in [0.5, 0.6) is 17.2 Å². The third kappa shape index (κ3) is 2.86. The normalized spacial score (nSPS) is 12.4. The summed E-state index contributed by atoms with van der Waals surface area (Å²) in [5, 5.41) is 0. The van der Waals surface area contributed by atoms with Crippen LogP contribution in [-0.4, -0.2) is 46.9 Å². The molecule has 0 heterocycles. The molecule has 1 aromatic carbocycles. The van der Waals surface area contributed by atoms with Gasteiger partial charge in [-0.2, -0.15) is 0 Å². The Morgan fingerprint density at radius 2 is 1.56 bits per heavy atom. The van der Waals surface area contributed by atoms with Crippen LogP contribution in [0.4, 0.5) is 0 Å². The van der Waals surface area contributed by atoms with Crippen molar-refractivity contribution in [2.45, 2.75) is 6.04 Å². The van der Waals surface area contributed by atoms with E-state index in [1.54, 1.807) is 21.3 Å². The fourth-order valence-electron chi connectivity index (χ4n) is 1.94. The molecule has 0 saturated heterocycles. The van der Waals surface area contributed by atoms with Gasteiger partial charge in [0.15, 0.2) is 11.5 Å². The van der Waals surface area contributed by atoms with Gasteiger partial charge >= 0.3 is 0 Å². The minimum atomic E-state index is 0.110. The van der Waals surface area contributed by atoms with E-state index in [-0.39, 0.29) is 6.04 Å². The molecule has 1 atom stereocenters. The lowest BCUT2D eigenvalue weighted by molar-refractivity contribution is 0.297. The van der Waals surface area contributed by atoms with E-state index in [2.05, 4.69) is 4.90 Å². The number of rotatable bonds is 6. The van der Waals surface area contributed by atoms with Gasteiger partial charge in [-0.3, -0.25) is 0 Å². The summed E-state index contributed by atoms with van der Waals surface area (Å²) < 4.78 is 16.0. The fourth-order valence-corrected chi connectivity index (χ4v) is 1.94. The molecule has 0 aromatic heterocycles. The van der Waals surface area contributed by atoms with Gasteiger partial charge in [-0.25, -0.2) is 0 Å². The lowest BCUT2D eigenvalue weighted by atomic mass is 10.0. The molecule has 0 aliphatic carbocycles. The van der Waals surface area contributed by atoms with E-state index in [4.69, 9.17) is 19.9 Å². The molecule has 0 saturated carbocycles. The maximum absolute atomic E-state index is 5.80. The van der Waals surface area contributed by atoms with Gasteiger partial charge in [0.05, 0.1) is 21.3 Å². The Morgan fingerprint density at radius 1 is 1.06 bits per heavy atom. The van der Waals surface area contributed by atoms with Gasteiger partial charge in [-0.05, 0) is 31.8 Å². The van der Waals surface area contributed by atoms with E-state index in [1.165, 1.54) is 0 Å². The first-order valence-corrected chi connectivity index (χ1v) is 5.75. The summed E-state index contributed by atoms with van der Waals surface area (Å²) in [6, 6.07) is 3.97. The zero-order valence-electron chi connectivity index (χ0n) is 11.7. The van der Waals surface area contributed by atoms with Gasteiger partial charge < -0.3 is 24.8 Å². The smallest absolute Gasteiger partial charge is 0.203 e. The largest absolute Gasteiger partial charge is 0.493 e. The topological polar surface area (TPSA) is 57.0 Å². The monoisotopic (exact) mass is 254 g/mol. The highest BCUT2D eigenvalue weighted by molar-refractivity contribution is 5.54. The molecule has 0 aliphatic heterocycles. The molecule has 18 heavy (non-hydrogen) atoms. The van der Waals surface area contributed by atoms with Crippen LogP contribution >= 0.6 is 0 Å². The predicted molar refractivity (Wildman–Crippen MR) is 71.6 cm³/mol. The number of likely N-dealkylation sites (N-methyl/N-ethyl adjacent to an activating group) is 1. The van der Waals surface area contributed by atoms with Gasteiger partial charge in [-0.15, -0.1) is 0 Å². The van der Waals surface area contributed by atoms with Crippen molar-refractivity contribution in [3.63, 3.8) is 0 Å². The second-order valence-corrected chi connectivity index (χ2v) is 4.17. The summed E-state index contributed by atoms with van der Waals surface area (Å²) in [4.78, 5) is 2.06. The zero-order chi connectivity index (χ0) is 13.7. The number of hydrogen-bond acceptors (Lipinski definition) is 5. The van der Waals surface area contributed by atoms with Crippen molar-refractivity contribution in [1.29, 1.82) is 0 Å². The standard InChI is InChI=1S/C13H22N2O3/c1-15(2)10(8-14)9-6-11(16-3)13(18-5)12(7-9)17-4/h6-7,10H,8,14H2,1-5H3/t10-/m1/s1. The van der Waals surface area contributed by atoms with Crippen LogP contribution in [0, 0.1) is 0 Å². The maximum atomic E-state index is 5.80. The molecule has 0 aliphatic rings. The number of nitrogens with two attached hydrogens (primary N) is 1. The summed E-state index contributed by atoms with van der Waals surface area (Å²) in [5.74, 6) is 1.89. The first-order chi connectivity index (χ1) is 8.58. The lowest BCUT2D eigenvalue weighted by Gasteiger charge is -2.24. The van der Waals surface area contributed by atoms with Gasteiger partial charge in [0.1, 0.15) is 0 Å². The molecular weight excluding hydrogens is 232 g/mol. The molecule has 0 bridgehead atoms. The molecule has 0 amide bonds. The van der Waals surface area contributed by atoms with Crippen LogP contribution in [0.25, 0.3) is 0 Å². The van der Waals surface area contributed by atoms with E-state index in [9.17, 15) is 0 Å². The molecule has 0 fully saturated rings. The van der Waals surface area contributed by atoms with E-state index in [0.29, 0.717) is 23.8 Å². The lowest BCUT2D eigenvalue weighted by Crippen LogP contribution is -2.27. The molecule has 1 aromatic rings. The van der Waals surface area contributed by atoms with Crippen LogP contribution in [0.1, 0.15) is 11.6 Å². The van der Waals surface area contributed by atoms with Gasteiger partial charge in [-0.1, -0.05) is 0 Å². The van der Waals surface area contributed by atoms with Crippen molar-refractivity contribution in [3.8, 4) is 17.2 Å².